The van der Waals surface area contributed by atoms with Crippen molar-refractivity contribution in [2.45, 2.75) is 6.42 Å². The molecule has 0 aromatic heterocycles. The Bertz CT molecular complexity index is 411. The summed E-state index contributed by atoms with van der Waals surface area (Å²) in [5.74, 6) is -0.418. The second kappa shape index (κ2) is 5.05. The topological polar surface area (TPSA) is 70.0 Å². The molecule has 1 aromatic carbocycles. The van der Waals surface area contributed by atoms with Gasteiger partial charge in [0.25, 0.3) is 5.91 Å². The summed E-state index contributed by atoms with van der Waals surface area (Å²) < 4.78 is 5.26. The minimum Gasteiger partial charge on any atom is -0.508 e. The van der Waals surface area contributed by atoms with E-state index in [4.69, 9.17) is 4.74 Å². The molecule has 1 aliphatic heterocycles. The van der Waals surface area contributed by atoms with Crippen molar-refractivity contribution in [3.8, 4) is 11.5 Å². The van der Waals surface area contributed by atoms with E-state index in [1.807, 2.05) is 0 Å². The molecule has 0 saturated carbocycles. The number of nitrogens with zero attached hydrogens (tertiary/aromatic N) is 1. The molecule has 2 rings (SSSR count). The third-order valence-corrected chi connectivity index (χ3v) is 2.72. The zero-order chi connectivity index (χ0) is 12.3. The van der Waals surface area contributed by atoms with Gasteiger partial charge in [0.1, 0.15) is 11.5 Å². The fourth-order valence-corrected chi connectivity index (χ4v) is 1.81. The normalized spacial score (nSPS) is 16.6. The van der Waals surface area contributed by atoms with Gasteiger partial charge >= 0.3 is 0 Å². The highest BCUT2D eigenvalue weighted by Gasteiger charge is 2.20. The zero-order valence-corrected chi connectivity index (χ0v) is 9.43. The molecule has 5 heteroatoms. The SMILES string of the molecule is O=C(c1cc(O)ccc1O)N1CCCOCC1. The average molecular weight is 237 g/mol. The van der Waals surface area contributed by atoms with E-state index in [1.54, 1.807) is 4.90 Å². The Hall–Kier alpha value is -1.75. The van der Waals surface area contributed by atoms with E-state index >= 15 is 0 Å². The Kier molecular flexibility index (Phi) is 3.49. The van der Waals surface area contributed by atoms with Gasteiger partial charge in [-0.1, -0.05) is 0 Å². The van der Waals surface area contributed by atoms with Crippen LogP contribution >= 0.6 is 0 Å². The summed E-state index contributed by atoms with van der Waals surface area (Å²) in [4.78, 5) is 13.8. The van der Waals surface area contributed by atoms with Crippen LogP contribution < -0.4 is 0 Å². The molecule has 1 amide bonds. The lowest BCUT2D eigenvalue weighted by molar-refractivity contribution is 0.0738. The number of phenols is 2. The lowest BCUT2D eigenvalue weighted by Gasteiger charge is -2.20. The van der Waals surface area contributed by atoms with E-state index in [0.29, 0.717) is 26.3 Å². The summed E-state index contributed by atoms with van der Waals surface area (Å²) in [5.41, 5.74) is 0.131. The number of benzene rings is 1. The van der Waals surface area contributed by atoms with Gasteiger partial charge in [-0.25, -0.2) is 0 Å². The summed E-state index contributed by atoms with van der Waals surface area (Å²) in [6.45, 7) is 2.27. The molecule has 0 radical (unpaired) electrons. The van der Waals surface area contributed by atoms with Crippen LogP contribution in [0.25, 0.3) is 0 Å². The molecule has 2 N–H and O–H groups in total. The van der Waals surface area contributed by atoms with E-state index < -0.39 is 0 Å². The van der Waals surface area contributed by atoms with Gasteiger partial charge in [0.05, 0.1) is 12.2 Å². The quantitative estimate of drug-likeness (QED) is 0.714. The Morgan fingerprint density at radius 2 is 2.06 bits per heavy atom. The summed E-state index contributed by atoms with van der Waals surface area (Å²) in [7, 11) is 0. The number of hydrogen-bond acceptors (Lipinski definition) is 4. The molecule has 0 spiro atoms. The van der Waals surface area contributed by atoms with E-state index in [1.165, 1.54) is 18.2 Å². The number of rotatable bonds is 1. The predicted molar refractivity (Wildman–Crippen MR) is 61.1 cm³/mol. The van der Waals surface area contributed by atoms with Crippen LogP contribution in [0, 0.1) is 0 Å². The third-order valence-electron chi connectivity index (χ3n) is 2.72. The maximum Gasteiger partial charge on any atom is 0.257 e. The lowest BCUT2D eigenvalue weighted by Crippen LogP contribution is -2.33. The molecular weight excluding hydrogens is 222 g/mol. The molecule has 1 saturated heterocycles. The summed E-state index contributed by atoms with van der Waals surface area (Å²) in [6, 6.07) is 3.94. The number of phenolic OH excluding ortho intramolecular Hbond substituents is 2. The lowest BCUT2D eigenvalue weighted by atomic mass is 10.1. The van der Waals surface area contributed by atoms with Crippen LogP contribution in [0.15, 0.2) is 18.2 Å². The highest BCUT2D eigenvalue weighted by Crippen LogP contribution is 2.23. The first-order chi connectivity index (χ1) is 8.18. The molecule has 0 atom stereocenters. The molecule has 0 bridgehead atoms. The number of carbonyl (C=O) groups is 1. The summed E-state index contributed by atoms with van der Waals surface area (Å²) >= 11 is 0. The van der Waals surface area contributed by atoms with Crippen molar-refractivity contribution >= 4 is 5.91 Å². The first-order valence-electron chi connectivity index (χ1n) is 5.57. The van der Waals surface area contributed by atoms with E-state index in [-0.39, 0.29) is 23.0 Å². The van der Waals surface area contributed by atoms with Crippen molar-refractivity contribution < 1.29 is 19.7 Å². The second-order valence-electron chi connectivity index (χ2n) is 3.96. The first kappa shape index (κ1) is 11.7. The van der Waals surface area contributed by atoms with Crippen LogP contribution in [0.4, 0.5) is 0 Å². The van der Waals surface area contributed by atoms with Gasteiger partial charge in [0, 0.05) is 19.7 Å². The van der Waals surface area contributed by atoms with Gasteiger partial charge in [-0.3, -0.25) is 4.79 Å². The largest absolute Gasteiger partial charge is 0.508 e. The fraction of sp³-hybridized carbons (Fsp3) is 0.417. The Morgan fingerprint density at radius 3 is 2.88 bits per heavy atom. The number of aromatic hydroxyl groups is 2. The molecule has 5 nitrogen and oxygen atoms in total. The number of amides is 1. The Labute approximate surface area is 99.2 Å². The Morgan fingerprint density at radius 1 is 1.24 bits per heavy atom. The molecule has 1 aromatic rings. The van der Waals surface area contributed by atoms with Crippen molar-refractivity contribution in [1.29, 1.82) is 0 Å². The first-order valence-corrected chi connectivity index (χ1v) is 5.57. The maximum atomic E-state index is 12.1. The molecular formula is C12H15NO4. The van der Waals surface area contributed by atoms with E-state index in [0.717, 1.165) is 6.42 Å². The van der Waals surface area contributed by atoms with Crippen molar-refractivity contribution in [2.75, 3.05) is 26.3 Å². The van der Waals surface area contributed by atoms with Gasteiger partial charge < -0.3 is 19.8 Å². The highest BCUT2D eigenvalue weighted by atomic mass is 16.5. The van der Waals surface area contributed by atoms with Gasteiger partial charge in [-0.05, 0) is 24.6 Å². The number of carbonyl (C=O) groups excluding carboxylic acids is 1. The van der Waals surface area contributed by atoms with Crippen LogP contribution in [0.3, 0.4) is 0 Å². The smallest absolute Gasteiger partial charge is 0.257 e. The van der Waals surface area contributed by atoms with Crippen molar-refractivity contribution in [2.24, 2.45) is 0 Å². The number of ether oxygens (including phenoxy) is 1. The van der Waals surface area contributed by atoms with Gasteiger partial charge in [0.15, 0.2) is 0 Å². The molecule has 17 heavy (non-hydrogen) atoms. The second-order valence-corrected chi connectivity index (χ2v) is 3.96. The van der Waals surface area contributed by atoms with Gasteiger partial charge in [-0.2, -0.15) is 0 Å². The van der Waals surface area contributed by atoms with Crippen LogP contribution in [-0.2, 0) is 4.74 Å². The fourth-order valence-electron chi connectivity index (χ4n) is 1.81. The minimum atomic E-state index is -0.274. The van der Waals surface area contributed by atoms with Gasteiger partial charge in [0.2, 0.25) is 0 Å². The van der Waals surface area contributed by atoms with Crippen LogP contribution in [0.2, 0.25) is 0 Å². The van der Waals surface area contributed by atoms with Crippen LogP contribution in [0.1, 0.15) is 16.8 Å². The standard InChI is InChI=1S/C12H15NO4/c14-9-2-3-11(15)10(8-9)12(16)13-4-1-6-17-7-5-13/h2-3,8,14-15H,1,4-7H2. The zero-order valence-electron chi connectivity index (χ0n) is 9.43. The minimum absolute atomic E-state index is 0.0304. The highest BCUT2D eigenvalue weighted by molar-refractivity contribution is 5.97. The monoisotopic (exact) mass is 237 g/mol. The van der Waals surface area contributed by atoms with Crippen LogP contribution in [0.5, 0.6) is 11.5 Å². The van der Waals surface area contributed by atoms with Crippen molar-refractivity contribution in [3.05, 3.63) is 23.8 Å². The average Bonchev–Trinajstić information content (AvgIpc) is 2.60. The Balaban J connectivity index is 2.20. The van der Waals surface area contributed by atoms with Crippen molar-refractivity contribution in [3.63, 3.8) is 0 Å². The molecule has 1 fully saturated rings. The van der Waals surface area contributed by atoms with Crippen molar-refractivity contribution in [1.82, 2.24) is 4.90 Å². The summed E-state index contributed by atoms with van der Waals surface area (Å²) in [6.07, 6.45) is 0.783. The van der Waals surface area contributed by atoms with Crippen LogP contribution in [-0.4, -0.2) is 47.3 Å². The van der Waals surface area contributed by atoms with E-state index in [9.17, 15) is 15.0 Å². The molecule has 1 heterocycles. The van der Waals surface area contributed by atoms with Gasteiger partial charge in [-0.15, -0.1) is 0 Å². The third kappa shape index (κ3) is 2.68. The van der Waals surface area contributed by atoms with E-state index in [2.05, 4.69) is 0 Å². The molecule has 0 unspecified atom stereocenters. The molecule has 1 aliphatic rings. The molecule has 0 aliphatic carbocycles. The summed E-state index contributed by atoms with van der Waals surface area (Å²) in [5, 5.41) is 19.0. The maximum absolute atomic E-state index is 12.1. The predicted octanol–water partition coefficient (Wildman–Crippen LogP) is 0.960. The molecule has 92 valence electrons. The number of hydrogen-bond donors (Lipinski definition) is 2.